The fraction of sp³-hybridized carbons (Fsp3) is 0.467. The van der Waals surface area contributed by atoms with Gasteiger partial charge in [-0.15, -0.1) is 17.0 Å². The van der Waals surface area contributed by atoms with Crippen molar-refractivity contribution in [1.29, 1.82) is 5.41 Å². The minimum absolute atomic E-state index is 0. The summed E-state index contributed by atoms with van der Waals surface area (Å²) >= 11 is 0. The molecule has 1 aliphatic heterocycles. The number of ketones is 1. The number of halogens is 1. The summed E-state index contributed by atoms with van der Waals surface area (Å²) in [5, 5.41) is 11.6. The number of benzene rings is 2. The van der Waals surface area contributed by atoms with E-state index in [0.717, 1.165) is 11.1 Å². The number of methoxy groups -OCH3 is 1. The number of rotatable bonds is 13. The lowest BCUT2D eigenvalue weighted by molar-refractivity contribution is -0.118. The van der Waals surface area contributed by atoms with Crippen molar-refractivity contribution in [1.82, 2.24) is 10.2 Å². The van der Waals surface area contributed by atoms with Gasteiger partial charge in [0.2, 0.25) is 5.91 Å². The van der Waals surface area contributed by atoms with E-state index in [1.807, 2.05) is 40.7 Å². The molecule has 0 unspecified atom stereocenters. The largest absolute Gasteiger partial charge is 0.493 e. The molecule has 0 fully saturated rings. The zero-order valence-electron chi connectivity index (χ0n) is 24.6. The van der Waals surface area contributed by atoms with Crippen LogP contribution in [0.25, 0.3) is 0 Å². The first-order valence-corrected chi connectivity index (χ1v) is 13.5. The Morgan fingerprint density at radius 2 is 1.78 bits per heavy atom. The molecule has 4 N–H and O–H groups in total. The highest BCUT2D eigenvalue weighted by Gasteiger charge is 2.31. The Labute approximate surface area is 252 Å². The first-order valence-electron chi connectivity index (χ1n) is 13.5. The fourth-order valence-electron chi connectivity index (χ4n) is 4.60. The monoisotopic (exact) mass is 632 g/mol. The highest BCUT2D eigenvalue weighted by atomic mass is 79.9. The maximum absolute atomic E-state index is 13.6. The van der Waals surface area contributed by atoms with Gasteiger partial charge in [-0.25, -0.2) is 0 Å². The third-order valence-electron chi connectivity index (χ3n) is 6.57. The minimum atomic E-state index is -0.407. The number of fused-ring (bicyclic) bond motifs is 1. The molecule has 0 aliphatic carbocycles. The predicted octanol–water partition coefficient (Wildman–Crippen LogP) is 4.39. The van der Waals surface area contributed by atoms with Crippen LogP contribution in [0.5, 0.6) is 17.2 Å². The molecule has 41 heavy (non-hydrogen) atoms. The van der Waals surface area contributed by atoms with E-state index in [2.05, 4.69) is 5.32 Å². The smallest absolute Gasteiger partial charge is 0.255 e. The molecule has 0 atom stereocenters. The van der Waals surface area contributed by atoms with Crippen molar-refractivity contribution in [2.45, 2.75) is 59.4 Å². The third kappa shape index (κ3) is 8.00. The molecule has 1 heterocycles. The molecule has 0 radical (unpaired) electrons. The summed E-state index contributed by atoms with van der Waals surface area (Å²) in [5.74, 6) is 0.700. The summed E-state index contributed by atoms with van der Waals surface area (Å²) < 4.78 is 17.3. The number of amides is 2. The highest BCUT2D eigenvalue weighted by molar-refractivity contribution is 8.93. The molecule has 2 aromatic carbocycles. The van der Waals surface area contributed by atoms with Crippen LogP contribution in [0.2, 0.25) is 0 Å². The van der Waals surface area contributed by atoms with Gasteiger partial charge in [0.15, 0.2) is 17.3 Å². The average molecular weight is 634 g/mol. The molecular weight excluding hydrogens is 592 g/mol. The minimum Gasteiger partial charge on any atom is -0.493 e. The molecule has 0 saturated carbocycles. The first kappa shape index (κ1) is 33.6. The van der Waals surface area contributed by atoms with Gasteiger partial charge in [0.25, 0.3) is 5.91 Å². The lowest BCUT2D eigenvalue weighted by Crippen LogP contribution is -2.30. The highest BCUT2D eigenvalue weighted by Crippen LogP contribution is 2.40. The maximum atomic E-state index is 13.6. The molecule has 10 nitrogen and oxygen atoms in total. The first-order chi connectivity index (χ1) is 18.9. The Bertz CT molecular complexity index is 1300. The molecule has 0 spiro atoms. The number of primary amides is 1. The van der Waals surface area contributed by atoms with Crippen LogP contribution in [0, 0.1) is 5.41 Å². The summed E-state index contributed by atoms with van der Waals surface area (Å²) in [4.78, 5) is 39.0. The number of hydrogen-bond donors (Lipinski definition) is 3. The van der Waals surface area contributed by atoms with E-state index in [0.29, 0.717) is 60.1 Å². The molecule has 224 valence electrons. The molecule has 0 aromatic heterocycles. The molecule has 3 rings (SSSR count). The number of nitrogens with two attached hydrogens (primary N) is 1. The van der Waals surface area contributed by atoms with Crippen LogP contribution in [0.1, 0.15) is 84.9 Å². The van der Waals surface area contributed by atoms with Crippen LogP contribution in [0.3, 0.4) is 0 Å². The number of amidine groups is 1. The Morgan fingerprint density at radius 3 is 2.37 bits per heavy atom. The lowest BCUT2D eigenvalue weighted by Gasteiger charge is -2.25. The van der Waals surface area contributed by atoms with Gasteiger partial charge in [0.1, 0.15) is 11.6 Å². The van der Waals surface area contributed by atoms with Crippen molar-refractivity contribution in [3.63, 3.8) is 0 Å². The Morgan fingerprint density at radius 1 is 1.07 bits per heavy atom. The van der Waals surface area contributed by atoms with Gasteiger partial charge in [0, 0.05) is 36.2 Å². The van der Waals surface area contributed by atoms with Crippen LogP contribution in [0.4, 0.5) is 0 Å². The van der Waals surface area contributed by atoms with E-state index in [4.69, 9.17) is 25.4 Å². The number of carbonyl (C=O) groups is 3. The molecule has 0 bridgehead atoms. The van der Waals surface area contributed by atoms with Gasteiger partial charge in [0.05, 0.1) is 32.4 Å². The van der Waals surface area contributed by atoms with Gasteiger partial charge in [-0.05, 0) is 55.5 Å². The van der Waals surface area contributed by atoms with Crippen LogP contribution < -0.4 is 25.3 Å². The summed E-state index contributed by atoms with van der Waals surface area (Å²) in [6.07, 6.45) is 0.629. The van der Waals surface area contributed by atoms with Crippen molar-refractivity contribution < 1.29 is 28.6 Å². The van der Waals surface area contributed by atoms with E-state index in [9.17, 15) is 14.4 Å². The van der Waals surface area contributed by atoms with E-state index < -0.39 is 5.91 Å². The maximum Gasteiger partial charge on any atom is 0.255 e. The second-order valence-corrected chi connectivity index (χ2v) is 10.6. The van der Waals surface area contributed by atoms with Crippen LogP contribution in [0.15, 0.2) is 24.3 Å². The normalized spacial score (nSPS) is 12.3. The number of nitrogens with zero attached hydrogens (tertiary/aromatic N) is 1. The second-order valence-electron chi connectivity index (χ2n) is 10.6. The van der Waals surface area contributed by atoms with Crippen molar-refractivity contribution in [3.05, 3.63) is 52.1 Å². The molecule has 2 aromatic rings. The fourth-order valence-corrected chi connectivity index (χ4v) is 4.60. The number of Topliss-reactive ketones (excluding diaryl/α,β-unsaturated/α-hetero) is 1. The summed E-state index contributed by atoms with van der Waals surface area (Å²) in [6.45, 7) is 11.1. The molecule has 1 aliphatic rings. The van der Waals surface area contributed by atoms with Gasteiger partial charge >= 0.3 is 0 Å². The van der Waals surface area contributed by atoms with Gasteiger partial charge < -0.3 is 30.2 Å². The van der Waals surface area contributed by atoms with Gasteiger partial charge in [-0.2, -0.15) is 0 Å². The summed E-state index contributed by atoms with van der Waals surface area (Å²) in [7, 11) is 1.55. The molecule has 11 heteroatoms. The second kappa shape index (κ2) is 14.3. The average Bonchev–Trinajstić information content (AvgIpc) is 3.19. The van der Waals surface area contributed by atoms with Crippen LogP contribution >= 0.6 is 17.0 Å². The molecule has 2 amide bonds. The zero-order valence-corrected chi connectivity index (χ0v) is 26.4. The topological polar surface area (TPSA) is 144 Å². The lowest BCUT2D eigenvalue weighted by atomic mass is 9.84. The van der Waals surface area contributed by atoms with E-state index in [-0.39, 0.29) is 59.5 Å². The summed E-state index contributed by atoms with van der Waals surface area (Å²) in [5.41, 5.74) is 7.90. The number of carbonyl (C=O) groups excluding carboxylic acids is 3. The van der Waals surface area contributed by atoms with Gasteiger partial charge in [-0.3, -0.25) is 19.8 Å². The van der Waals surface area contributed by atoms with Crippen molar-refractivity contribution in [2.24, 2.45) is 5.73 Å². The number of ether oxygens (including phenoxy) is 3. The van der Waals surface area contributed by atoms with Crippen molar-refractivity contribution in [3.8, 4) is 17.2 Å². The molecular formula is C30H41BrN4O6. The SMILES string of the molecule is Br.CCNC(=O)c1cc2c(cc1OCC)CN(CC(=O)c1cc(OCCCC(N)=O)c(OC)c(C(C)(C)C)c1)C2=N. The quantitative estimate of drug-likeness (QED) is 0.219. The Balaban J connectivity index is 0.00000588. The van der Waals surface area contributed by atoms with Crippen molar-refractivity contribution >= 4 is 40.4 Å². The Hall–Kier alpha value is -3.60. The number of nitrogens with one attached hydrogen (secondary N) is 2. The standard InChI is InChI=1S/C30H40N4O6.BrH/c1-7-33-29(37)21-15-20-19(14-24(21)39-8-2)16-34(28(20)32)17-23(35)18-12-22(30(3,4)5)27(38-6)25(13-18)40-11-9-10-26(31)36;/h12-15,32H,7-11,16-17H2,1-6H3,(H2,31,36)(H,33,37);1H. The van der Waals surface area contributed by atoms with E-state index in [1.165, 1.54) is 0 Å². The Kier molecular flexibility index (Phi) is 11.8. The van der Waals surface area contributed by atoms with Gasteiger partial charge in [-0.1, -0.05) is 20.8 Å². The van der Waals surface area contributed by atoms with E-state index >= 15 is 0 Å². The zero-order chi connectivity index (χ0) is 29.6. The van der Waals surface area contributed by atoms with Crippen molar-refractivity contribution in [2.75, 3.05) is 33.4 Å². The third-order valence-corrected chi connectivity index (χ3v) is 6.57. The summed E-state index contributed by atoms with van der Waals surface area (Å²) in [6, 6.07) is 6.91. The van der Waals surface area contributed by atoms with E-state index in [1.54, 1.807) is 30.2 Å². The van der Waals surface area contributed by atoms with Crippen LogP contribution in [-0.4, -0.2) is 61.7 Å². The predicted molar refractivity (Wildman–Crippen MR) is 163 cm³/mol. The number of hydrogen-bond acceptors (Lipinski definition) is 7. The molecule has 0 saturated heterocycles. The van der Waals surface area contributed by atoms with Crippen LogP contribution in [-0.2, 0) is 16.8 Å².